The molecule has 0 fully saturated rings. The Balaban J connectivity index is 2.01. The van der Waals surface area contributed by atoms with Crippen molar-refractivity contribution in [2.75, 3.05) is 7.11 Å². The molecule has 3 aromatic rings. The number of aromatic carboxylic acids is 1. The van der Waals surface area contributed by atoms with Gasteiger partial charge in [-0.1, -0.05) is 18.2 Å². The molecule has 0 aliphatic carbocycles. The molecular weight excluding hydrogens is 370 g/mol. The number of pyridine rings is 1. The molecule has 0 aliphatic heterocycles. The minimum absolute atomic E-state index is 0.0266. The lowest BCUT2D eigenvalue weighted by Crippen LogP contribution is -2.10. The maximum atomic E-state index is 11.7. The molecule has 1 aromatic heterocycles. The highest BCUT2D eigenvalue weighted by molar-refractivity contribution is 5.89. The standard InChI is InChI=1S/C23H23NO5/c1-15(2)29-22-12-9-17(27-3)13-19(22)20-11-10-18(23(25)26)21(24-20)14-28-16-7-5-4-6-8-16/h4-13,15H,14H2,1-3H3,(H,25,26). The van der Waals surface area contributed by atoms with Crippen molar-refractivity contribution < 1.29 is 24.1 Å². The third-order valence-electron chi connectivity index (χ3n) is 4.15. The fourth-order valence-corrected chi connectivity index (χ4v) is 2.82. The minimum atomic E-state index is -1.06. The lowest BCUT2D eigenvalue weighted by atomic mass is 10.1. The Kier molecular flexibility index (Phi) is 6.34. The van der Waals surface area contributed by atoms with Crippen LogP contribution in [0.1, 0.15) is 29.9 Å². The Morgan fingerprint density at radius 1 is 1.03 bits per heavy atom. The van der Waals surface area contributed by atoms with E-state index in [-0.39, 0.29) is 18.3 Å². The molecule has 0 spiro atoms. The van der Waals surface area contributed by atoms with Crippen LogP contribution >= 0.6 is 0 Å². The summed E-state index contributed by atoms with van der Waals surface area (Å²) < 4.78 is 17.0. The summed E-state index contributed by atoms with van der Waals surface area (Å²) in [5.74, 6) is 0.884. The third-order valence-corrected chi connectivity index (χ3v) is 4.15. The molecule has 29 heavy (non-hydrogen) atoms. The lowest BCUT2D eigenvalue weighted by Gasteiger charge is -2.16. The largest absolute Gasteiger partial charge is 0.497 e. The maximum Gasteiger partial charge on any atom is 0.337 e. The zero-order valence-electron chi connectivity index (χ0n) is 16.6. The summed E-state index contributed by atoms with van der Waals surface area (Å²) in [6.07, 6.45) is -0.0266. The predicted molar refractivity (Wildman–Crippen MR) is 110 cm³/mol. The van der Waals surface area contributed by atoms with Gasteiger partial charge in [-0.2, -0.15) is 0 Å². The van der Waals surface area contributed by atoms with Crippen LogP contribution in [0.3, 0.4) is 0 Å². The monoisotopic (exact) mass is 393 g/mol. The van der Waals surface area contributed by atoms with E-state index in [1.54, 1.807) is 25.3 Å². The highest BCUT2D eigenvalue weighted by Gasteiger charge is 2.17. The summed E-state index contributed by atoms with van der Waals surface area (Å²) in [6, 6.07) is 17.8. The van der Waals surface area contributed by atoms with Crippen LogP contribution in [0.2, 0.25) is 0 Å². The first-order valence-electron chi connectivity index (χ1n) is 9.24. The Labute approximate surface area is 169 Å². The van der Waals surface area contributed by atoms with Crippen LogP contribution in [-0.4, -0.2) is 29.3 Å². The first-order valence-corrected chi connectivity index (χ1v) is 9.24. The molecule has 0 saturated heterocycles. The average molecular weight is 393 g/mol. The smallest absolute Gasteiger partial charge is 0.337 e. The molecule has 0 saturated carbocycles. The van der Waals surface area contributed by atoms with Gasteiger partial charge in [0, 0.05) is 5.56 Å². The zero-order chi connectivity index (χ0) is 20.8. The topological polar surface area (TPSA) is 77.9 Å². The van der Waals surface area contributed by atoms with Crippen molar-refractivity contribution in [3.8, 4) is 28.5 Å². The lowest BCUT2D eigenvalue weighted by molar-refractivity contribution is 0.0693. The molecule has 6 nitrogen and oxygen atoms in total. The van der Waals surface area contributed by atoms with Gasteiger partial charge in [-0.05, 0) is 56.3 Å². The number of nitrogens with zero attached hydrogens (tertiary/aromatic N) is 1. The Morgan fingerprint density at radius 2 is 1.79 bits per heavy atom. The van der Waals surface area contributed by atoms with Gasteiger partial charge in [0.2, 0.25) is 0 Å². The maximum absolute atomic E-state index is 11.7. The molecule has 150 valence electrons. The molecule has 0 unspecified atom stereocenters. The van der Waals surface area contributed by atoms with Crippen LogP contribution in [-0.2, 0) is 6.61 Å². The van der Waals surface area contributed by atoms with E-state index in [4.69, 9.17) is 14.2 Å². The quantitative estimate of drug-likeness (QED) is 0.591. The molecule has 0 atom stereocenters. The minimum Gasteiger partial charge on any atom is -0.497 e. The van der Waals surface area contributed by atoms with E-state index in [0.717, 1.165) is 5.56 Å². The number of hydrogen-bond acceptors (Lipinski definition) is 5. The summed E-state index contributed by atoms with van der Waals surface area (Å²) in [4.78, 5) is 16.2. The zero-order valence-corrected chi connectivity index (χ0v) is 16.6. The summed E-state index contributed by atoms with van der Waals surface area (Å²) in [5, 5.41) is 9.54. The van der Waals surface area contributed by atoms with Crippen molar-refractivity contribution in [2.24, 2.45) is 0 Å². The second kappa shape index (κ2) is 9.10. The molecule has 1 heterocycles. The number of carboxylic acid groups (broad SMARTS) is 1. The van der Waals surface area contributed by atoms with E-state index < -0.39 is 5.97 Å². The number of hydrogen-bond donors (Lipinski definition) is 1. The number of benzene rings is 2. The number of carboxylic acids is 1. The van der Waals surface area contributed by atoms with Crippen molar-refractivity contribution in [3.63, 3.8) is 0 Å². The SMILES string of the molecule is COc1ccc(OC(C)C)c(-c2ccc(C(=O)O)c(COc3ccccc3)n2)c1. The normalized spacial score (nSPS) is 10.6. The van der Waals surface area contributed by atoms with E-state index in [9.17, 15) is 9.90 Å². The van der Waals surface area contributed by atoms with Crippen molar-refractivity contribution in [2.45, 2.75) is 26.6 Å². The van der Waals surface area contributed by atoms with Gasteiger partial charge >= 0.3 is 5.97 Å². The summed E-state index contributed by atoms with van der Waals surface area (Å²) in [5.41, 5.74) is 1.73. The van der Waals surface area contributed by atoms with E-state index in [2.05, 4.69) is 4.98 Å². The summed E-state index contributed by atoms with van der Waals surface area (Å²) >= 11 is 0. The molecule has 3 rings (SSSR count). The van der Waals surface area contributed by atoms with Gasteiger partial charge in [-0.15, -0.1) is 0 Å². The number of aromatic nitrogens is 1. The molecule has 0 bridgehead atoms. The van der Waals surface area contributed by atoms with Crippen molar-refractivity contribution in [3.05, 3.63) is 71.9 Å². The van der Waals surface area contributed by atoms with Crippen molar-refractivity contribution in [1.82, 2.24) is 4.98 Å². The highest BCUT2D eigenvalue weighted by Crippen LogP contribution is 2.34. The molecule has 0 aliphatic rings. The number of para-hydroxylation sites is 1. The third kappa shape index (κ3) is 5.04. The molecule has 1 N–H and O–H groups in total. The van der Waals surface area contributed by atoms with Gasteiger partial charge < -0.3 is 19.3 Å². The van der Waals surface area contributed by atoms with Crippen molar-refractivity contribution >= 4 is 5.97 Å². The van der Waals surface area contributed by atoms with Crippen LogP contribution in [0, 0.1) is 0 Å². The summed E-state index contributed by atoms with van der Waals surface area (Å²) in [7, 11) is 1.59. The van der Waals surface area contributed by atoms with Crippen LogP contribution in [0.15, 0.2) is 60.7 Å². The number of rotatable bonds is 8. The van der Waals surface area contributed by atoms with Gasteiger partial charge in [-0.25, -0.2) is 9.78 Å². The van der Waals surface area contributed by atoms with Gasteiger partial charge in [-0.3, -0.25) is 0 Å². The fraction of sp³-hybridized carbons (Fsp3) is 0.217. The number of carbonyl (C=O) groups is 1. The highest BCUT2D eigenvalue weighted by atomic mass is 16.5. The van der Waals surface area contributed by atoms with E-state index in [0.29, 0.717) is 28.6 Å². The Bertz CT molecular complexity index is 986. The van der Waals surface area contributed by atoms with Crippen molar-refractivity contribution in [1.29, 1.82) is 0 Å². The van der Waals surface area contributed by atoms with E-state index in [1.165, 1.54) is 6.07 Å². The molecule has 0 radical (unpaired) electrons. The average Bonchev–Trinajstić information content (AvgIpc) is 2.72. The Morgan fingerprint density at radius 3 is 2.45 bits per heavy atom. The first-order chi connectivity index (χ1) is 14.0. The molecule has 6 heteroatoms. The fourth-order valence-electron chi connectivity index (χ4n) is 2.82. The number of ether oxygens (including phenoxy) is 3. The number of methoxy groups -OCH3 is 1. The van der Waals surface area contributed by atoms with Crippen LogP contribution < -0.4 is 14.2 Å². The van der Waals surface area contributed by atoms with Crippen LogP contribution in [0.25, 0.3) is 11.3 Å². The van der Waals surface area contributed by atoms with E-state index >= 15 is 0 Å². The summed E-state index contributed by atoms with van der Waals surface area (Å²) in [6.45, 7) is 3.91. The van der Waals surface area contributed by atoms with Gasteiger partial charge in [0.25, 0.3) is 0 Å². The Hall–Kier alpha value is -3.54. The van der Waals surface area contributed by atoms with Gasteiger partial charge in [0.1, 0.15) is 23.9 Å². The van der Waals surface area contributed by atoms with Crippen LogP contribution in [0.4, 0.5) is 0 Å². The predicted octanol–water partition coefficient (Wildman–Crippen LogP) is 4.82. The second-order valence-corrected chi connectivity index (χ2v) is 6.63. The van der Waals surface area contributed by atoms with Crippen LogP contribution in [0.5, 0.6) is 17.2 Å². The molecular formula is C23H23NO5. The second-order valence-electron chi connectivity index (χ2n) is 6.63. The molecule has 0 amide bonds. The first kappa shape index (κ1) is 20.2. The molecule has 2 aromatic carbocycles. The van der Waals surface area contributed by atoms with E-state index in [1.807, 2.05) is 50.2 Å². The van der Waals surface area contributed by atoms with Gasteiger partial charge in [0.05, 0.1) is 30.2 Å². The van der Waals surface area contributed by atoms with Gasteiger partial charge in [0.15, 0.2) is 0 Å².